The van der Waals surface area contributed by atoms with Crippen molar-refractivity contribution in [2.75, 3.05) is 0 Å². The predicted molar refractivity (Wildman–Crippen MR) is 59.6 cm³/mol. The van der Waals surface area contributed by atoms with Gasteiger partial charge in [-0.05, 0) is 6.42 Å². The van der Waals surface area contributed by atoms with Crippen LogP contribution in [0.5, 0.6) is 0 Å². The number of aryl methyl sites for hydroxylation is 1. The topological polar surface area (TPSA) is 102 Å². The molecule has 0 N–H and O–H groups in total. The molecule has 0 atom stereocenters. The van der Waals surface area contributed by atoms with Gasteiger partial charge < -0.3 is 0 Å². The van der Waals surface area contributed by atoms with Gasteiger partial charge in [0, 0.05) is 6.42 Å². The Balaban J connectivity index is 2.34. The Bertz CT molecular complexity index is 578. The van der Waals surface area contributed by atoms with Crippen molar-refractivity contribution in [3.63, 3.8) is 0 Å². The summed E-state index contributed by atoms with van der Waals surface area (Å²) in [5.41, 5.74) is 0. The molecule has 0 aliphatic carbocycles. The molecule has 18 heavy (non-hydrogen) atoms. The van der Waals surface area contributed by atoms with Crippen molar-refractivity contribution in [1.82, 2.24) is 29.5 Å². The summed E-state index contributed by atoms with van der Waals surface area (Å²) < 4.78 is 2.15. The first-order valence-corrected chi connectivity index (χ1v) is 5.51. The molecule has 0 amide bonds. The van der Waals surface area contributed by atoms with Gasteiger partial charge in [-0.15, -0.1) is 5.10 Å². The van der Waals surface area contributed by atoms with E-state index in [-0.39, 0.29) is 5.82 Å². The van der Waals surface area contributed by atoms with Crippen LogP contribution < -0.4 is 0 Å². The Morgan fingerprint density at radius 2 is 2.39 bits per heavy atom. The Kier molecular flexibility index (Phi) is 3.43. The number of nitrogens with zero attached hydrogens (tertiary/aromatic N) is 7. The fourth-order valence-corrected chi connectivity index (χ4v) is 1.45. The minimum absolute atomic E-state index is 0.0189. The third-order valence-corrected chi connectivity index (χ3v) is 2.32. The van der Waals surface area contributed by atoms with Gasteiger partial charge in [-0.3, -0.25) is 0 Å². The quantitative estimate of drug-likeness (QED) is 0.784. The zero-order valence-corrected chi connectivity index (χ0v) is 9.81. The van der Waals surface area contributed by atoms with Crippen LogP contribution in [-0.4, -0.2) is 35.6 Å². The molecule has 0 spiro atoms. The molecule has 0 aromatic carbocycles. The van der Waals surface area contributed by atoms with Gasteiger partial charge in [-0.2, -0.15) is 19.7 Å². The highest BCUT2D eigenvalue weighted by Crippen LogP contribution is 2.04. The molecule has 0 aliphatic heterocycles. The molecular weight excluding hydrogens is 234 g/mol. The minimum Gasteiger partial charge on any atom is -0.243 e. The summed E-state index contributed by atoms with van der Waals surface area (Å²) in [6, 6.07) is 1.33. The summed E-state index contributed by atoms with van der Waals surface area (Å²) in [5, 5.41) is 16.4. The number of nitriles is 1. The molecule has 0 saturated heterocycles. The van der Waals surface area contributed by atoms with E-state index in [2.05, 4.69) is 20.2 Å². The first-order valence-electron chi connectivity index (χ1n) is 5.51. The third-order valence-electron chi connectivity index (χ3n) is 2.32. The van der Waals surface area contributed by atoms with E-state index < -0.39 is 6.03 Å². The lowest BCUT2D eigenvalue weighted by atomic mass is 10.2. The van der Waals surface area contributed by atoms with Gasteiger partial charge in [-0.25, -0.2) is 14.8 Å². The van der Waals surface area contributed by atoms with Crippen molar-refractivity contribution in [3.8, 4) is 6.07 Å². The van der Waals surface area contributed by atoms with Crippen LogP contribution in [0.1, 0.15) is 31.4 Å². The number of hydrogen-bond donors (Lipinski definition) is 0. The van der Waals surface area contributed by atoms with Crippen LogP contribution in [0, 0.1) is 11.3 Å². The molecule has 92 valence electrons. The lowest BCUT2D eigenvalue weighted by Gasteiger charge is -2.02. The van der Waals surface area contributed by atoms with E-state index in [0.29, 0.717) is 12.2 Å². The van der Waals surface area contributed by atoms with Crippen molar-refractivity contribution >= 4 is 6.03 Å². The SMILES string of the molecule is CCCCc1nc(C#N)nn1C(=O)n1cncn1. The molecule has 2 heterocycles. The van der Waals surface area contributed by atoms with Crippen LogP contribution >= 0.6 is 0 Å². The molecule has 0 radical (unpaired) electrons. The minimum atomic E-state index is -0.493. The molecule has 2 rings (SSSR count). The standard InChI is InChI=1S/C10H11N7O/c1-2-3-4-9-14-8(5-11)15-17(9)10(18)16-7-12-6-13-16/h6-7H,2-4H2,1H3. The maximum Gasteiger partial charge on any atom is 0.372 e. The summed E-state index contributed by atoms with van der Waals surface area (Å²) in [7, 11) is 0. The first kappa shape index (κ1) is 11.9. The molecule has 8 nitrogen and oxygen atoms in total. The summed E-state index contributed by atoms with van der Waals surface area (Å²) in [5.74, 6) is 0.448. The lowest BCUT2D eigenvalue weighted by Crippen LogP contribution is -2.23. The monoisotopic (exact) mass is 245 g/mol. The van der Waals surface area contributed by atoms with Crippen LogP contribution in [0.15, 0.2) is 12.7 Å². The summed E-state index contributed by atoms with van der Waals surface area (Å²) in [4.78, 5) is 19.7. The van der Waals surface area contributed by atoms with Crippen molar-refractivity contribution in [2.45, 2.75) is 26.2 Å². The average molecular weight is 245 g/mol. The highest BCUT2D eigenvalue weighted by molar-refractivity contribution is 5.77. The van der Waals surface area contributed by atoms with E-state index in [9.17, 15) is 4.79 Å². The summed E-state index contributed by atoms with van der Waals surface area (Å²) >= 11 is 0. The average Bonchev–Trinajstić information content (AvgIpc) is 3.04. The van der Waals surface area contributed by atoms with Crippen LogP contribution in [0.4, 0.5) is 4.79 Å². The summed E-state index contributed by atoms with van der Waals surface area (Å²) in [6.07, 6.45) is 4.96. The molecule has 0 saturated carbocycles. The lowest BCUT2D eigenvalue weighted by molar-refractivity contribution is 0.237. The molecule has 0 fully saturated rings. The van der Waals surface area contributed by atoms with E-state index in [4.69, 9.17) is 5.26 Å². The Labute approximate surface area is 103 Å². The highest BCUT2D eigenvalue weighted by atomic mass is 16.2. The molecule has 8 heteroatoms. The van der Waals surface area contributed by atoms with Crippen LogP contribution in [0.25, 0.3) is 0 Å². The van der Waals surface area contributed by atoms with Crippen molar-refractivity contribution < 1.29 is 4.79 Å². The van der Waals surface area contributed by atoms with Gasteiger partial charge >= 0.3 is 6.03 Å². The number of aromatic nitrogens is 6. The van der Waals surface area contributed by atoms with Gasteiger partial charge in [0.2, 0.25) is 0 Å². The first-order chi connectivity index (χ1) is 8.76. The molecule has 0 aliphatic rings. The van der Waals surface area contributed by atoms with Gasteiger partial charge in [0.1, 0.15) is 24.5 Å². The smallest absolute Gasteiger partial charge is 0.243 e. The van der Waals surface area contributed by atoms with E-state index >= 15 is 0 Å². The zero-order chi connectivity index (χ0) is 13.0. The Morgan fingerprint density at radius 3 is 3.00 bits per heavy atom. The Hall–Kier alpha value is -2.56. The second-order valence-electron chi connectivity index (χ2n) is 3.60. The molecule has 2 aromatic heterocycles. The number of carbonyl (C=O) groups is 1. The fourth-order valence-electron chi connectivity index (χ4n) is 1.45. The van der Waals surface area contributed by atoms with Crippen molar-refractivity contribution in [3.05, 3.63) is 24.3 Å². The van der Waals surface area contributed by atoms with E-state index in [0.717, 1.165) is 22.2 Å². The number of carbonyl (C=O) groups excluding carboxylic acids is 1. The number of hydrogen-bond acceptors (Lipinski definition) is 6. The molecule has 0 bridgehead atoms. The van der Waals surface area contributed by atoms with Crippen molar-refractivity contribution in [1.29, 1.82) is 5.26 Å². The maximum absolute atomic E-state index is 12.0. The van der Waals surface area contributed by atoms with E-state index in [1.54, 1.807) is 0 Å². The molecular formula is C10H11N7O. The fraction of sp³-hybridized carbons (Fsp3) is 0.400. The second-order valence-corrected chi connectivity index (χ2v) is 3.60. The highest BCUT2D eigenvalue weighted by Gasteiger charge is 2.17. The van der Waals surface area contributed by atoms with Crippen LogP contribution in [-0.2, 0) is 6.42 Å². The maximum atomic E-state index is 12.0. The van der Waals surface area contributed by atoms with Gasteiger partial charge in [0.05, 0.1) is 0 Å². The number of rotatable bonds is 3. The predicted octanol–water partition coefficient (Wildman–Crippen LogP) is 0.600. The zero-order valence-electron chi connectivity index (χ0n) is 9.81. The van der Waals surface area contributed by atoms with Crippen molar-refractivity contribution in [2.24, 2.45) is 0 Å². The van der Waals surface area contributed by atoms with Crippen LogP contribution in [0.2, 0.25) is 0 Å². The Morgan fingerprint density at radius 1 is 1.56 bits per heavy atom. The van der Waals surface area contributed by atoms with E-state index in [1.807, 2.05) is 13.0 Å². The largest absolute Gasteiger partial charge is 0.372 e. The third kappa shape index (κ3) is 2.24. The van der Waals surface area contributed by atoms with Gasteiger partial charge in [0.15, 0.2) is 0 Å². The number of unbranched alkanes of at least 4 members (excludes halogenated alkanes) is 1. The van der Waals surface area contributed by atoms with E-state index in [1.165, 1.54) is 12.7 Å². The van der Waals surface area contributed by atoms with Crippen LogP contribution in [0.3, 0.4) is 0 Å². The summed E-state index contributed by atoms with van der Waals surface area (Å²) in [6.45, 7) is 2.03. The van der Waals surface area contributed by atoms with Gasteiger partial charge in [0.25, 0.3) is 5.82 Å². The van der Waals surface area contributed by atoms with Gasteiger partial charge in [-0.1, -0.05) is 13.3 Å². The second kappa shape index (κ2) is 5.18. The molecule has 2 aromatic rings. The molecule has 0 unspecified atom stereocenters. The normalized spacial score (nSPS) is 10.2.